The van der Waals surface area contributed by atoms with Gasteiger partial charge in [0.05, 0.1) is 18.4 Å². The summed E-state index contributed by atoms with van der Waals surface area (Å²) in [6.45, 7) is 0.288. The summed E-state index contributed by atoms with van der Waals surface area (Å²) >= 11 is 0. The number of hydrogen-bond donors (Lipinski definition) is 3. The summed E-state index contributed by atoms with van der Waals surface area (Å²) in [5.74, 6) is -0.636. The number of benzene rings is 1. The maximum absolute atomic E-state index is 11.9. The van der Waals surface area contributed by atoms with E-state index in [1.54, 1.807) is 24.3 Å². The third-order valence-corrected chi connectivity index (χ3v) is 3.22. The highest BCUT2D eigenvalue weighted by Crippen LogP contribution is 2.24. The number of nitrogens with two attached hydrogens (primary N) is 2. The Morgan fingerprint density at radius 3 is 2.52 bits per heavy atom. The molecule has 2 rings (SSSR count). The summed E-state index contributed by atoms with van der Waals surface area (Å²) in [5, 5.41) is 11.6. The van der Waals surface area contributed by atoms with Gasteiger partial charge in [0.25, 0.3) is 0 Å². The zero-order valence-corrected chi connectivity index (χ0v) is 12.4. The van der Waals surface area contributed by atoms with E-state index in [4.69, 9.17) is 21.5 Å². The van der Waals surface area contributed by atoms with E-state index in [1.807, 2.05) is 6.07 Å². The lowest BCUT2D eigenvalue weighted by Crippen LogP contribution is -2.28. The molecule has 118 valence electrons. The molecule has 0 spiro atoms. The largest absolute Gasteiger partial charge is 0.464 e. The van der Waals surface area contributed by atoms with Crippen LogP contribution in [0.25, 0.3) is 5.69 Å². The Labute approximate surface area is 132 Å². The maximum Gasteiger partial charge on any atom is 0.357 e. The van der Waals surface area contributed by atoms with Crippen molar-refractivity contribution in [2.45, 2.75) is 6.54 Å². The molecule has 8 nitrogen and oxygen atoms in total. The first-order chi connectivity index (χ1) is 11.0. The normalized spacial score (nSPS) is 9.91. The molecule has 2 amide bonds. The highest BCUT2D eigenvalue weighted by molar-refractivity contribution is 5.95. The highest BCUT2D eigenvalue weighted by Gasteiger charge is 2.21. The van der Waals surface area contributed by atoms with Gasteiger partial charge in [-0.05, 0) is 17.7 Å². The van der Waals surface area contributed by atoms with Crippen molar-refractivity contribution in [1.82, 2.24) is 9.88 Å². The average molecular weight is 313 g/mol. The lowest BCUT2D eigenvalue weighted by molar-refractivity contribution is 0.0593. The minimum Gasteiger partial charge on any atom is -0.464 e. The Morgan fingerprint density at radius 1 is 1.35 bits per heavy atom. The summed E-state index contributed by atoms with van der Waals surface area (Å²) in [4.78, 5) is 22.6. The second kappa shape index (κ2) is 6.53. The lowest BCUT2D eigenvalue weighted by atomic mass is 10.2. The van der Waals surface area contributed by atoms with Crippen LogP contribution in [0.4, 0.5) is 10.5 Å². The van der Waals surface area contributed by atoms with Gasteiger partial charge in [0.2, 0.25) is 0 Å². The fraction of sp³-hybridized carbons (Fsp3) is 0.133. The van der Waals surface area contributed by atoms with Gasteiger partial charge in [0, 0.05) is 18.4 Å². The van der Waals surface area contributed by atoms with Crippen molar-refractivity contribution >= 4 is 17.7 Å². The standard InChI is InChI=1S/C15H15N5O3/c1-23-14(21)13-12(17)10(6-16)8-20(13)11-4-2-9(3-5-11)7-19-15(18)22/h2-5,8H,7,17H2,1H3,(H3,18,19,22). The number of methoxy groups -OCH3 is 1. The number of nitriles is 1. The van der Waals surface area contributed by atoms with Gasteiger partial charge in [0.1, 0.15) is 6.07 Å². The molecular formula is C15H15N5O3. The SMILES string of the molecule is COC(=O)c1c(N)c(C#N)cn1-c1ccc(CNC(N)=O)cc1. The molecule has 5 N–H and O–H groups in total. The van der Waals surface area contributed by atoms with E-state index in [1.165, 1.54) is 17.9 Å². The van der Waals surface area contributed by atoms with Crippen molar-refractivity contribution in [3.63, 3.8) is 0 Å². The molecule has 0 aliphatic carbocycles. The van der Waals surface area contributed by atoms with E-state index in [0.29, 0.717) is 5.69 Å². The lowest BCUT2D eigenvalue weighted by Gasteiger charge is -2.09. The molecule has 0 aliphatic rings. The smallest absolute Gasteiger partial charge is 0.357 e. The first-order valence-electron chi connectivity index (χ1n) is 6.59. The van der Waals surface area contributed by atoms with Crippen molar-refractivity contribution in [3.8, 4) is 11.8 Å². The van der Waals surface area contributed by atoms with Crippen LogP contribution in [0.5, 0.6) is 0 Å². The zero-order valence-electron chi connectivity index (χ0n) is 12.4. The minimum atomic E-state index is -0.636. The van der Waals surface area contributed by atoms with Crippen LogP contribution in [0.15, 0.2) is 30.5 Å². The quantitative estimate of drug-likeness (QED) is 0.720. The maximum atomic E-state index is 11.9. The summed E-state index contributed by atoms with van der Waals surface area (Å²) in [5.41, 5.74) is 12.6. The molecule has 0 saturated heterocycles. The molecular weight excluding hydrogens is 298 g/mol. The van der Waals surface area contributed by atoms with E-state index in [0.717, 1.165) is 5.56 Å². The van der Waals surface area contributed by atoms with Crippen molar-refractivity contribution in [2.24, 2.45) is 5.73 Å². The second-order valence-electron chi connectivity index (χ2n) is 4.66. The van der Waals surface area contributed by atoms with Crippen LogP contribution in [-0.2, 0) is 11.3 Å². The monoisotopic (exact) mass is 313 g/mol. The summed E-state index contributed by atoms with van der Waals surface area (Å²) in [7, 11) is 1.24. The van der Waals surface area contributed by atoms with E-state index in [-0.39, 0.29) is 23.5 Å². The number of rotatable bonds is 4. The van der Waals surface area contributed by atoms with Crippen molar-refractivity contribution in [3.05, 3.63) is 47.3 Å². The van der Waals surface area contributed by atoms with E-state index in [2.05, 4.69) is 5.32 Å². The Hall–Kier alpha value is -3.47. The van der Waals surface area contributed by atoms with E-state index < -0.39 is 12.0 Å². The van der Waals surface area contributed by atoms with Gasteiger partial charge < -0.3 is 26.1 Å². The van der Waals surface area contributed by atoms with Gasteiger partial charge in [-0.1, -0.05) is 12.1 Å². The number of anilines is 1. The van der Waals surface area contributed by atoms with Crippen LogP contribution in [0, 0.1) is 11.3 Å². The molecule has 23 heavy (non-hydrogen) atoms. The number of carbonyl (C=O) groups is 2. The predicted octanol–water partition coefficient (Wildman–Crippen LogP) is 0.886. The van der Waals surface area contributed by atoms with Crippen LogP contribution in [0.3, 0.4) is 0 Å². The number of primary amides is 1. The van der Waals surface area contributed by atoms with Crippen molar-refractivity contribution < 1.29 is 14.3 Å². The number of urea groups is 1. The van der Waals surface area contributed by atoms with Gasteiger partial charge in [0.15, 0.2) is 5.69 Å². The van der Waals surface area contributed by atoms with Crippen LogP contribution in [0.1, 0.15) is 21.6 Å². The number of nitrogens with zero attached hydrogens (tertiary/aromatic N) is 2. The number of esters is 1. The molecule has 1 aromatic heterocycles. The number of hydrogen-bond acceptors (Lipinski definition) is 5. The molecule has 0 fully saturated rings. The molecule has 1 aromatic carbocycles. The fourth-order valence-electron chi connectivity index (χ4n) is 2.08. The molecule has 0 aliphatic heterocycles. The number of carbonyl (C=O) groups excluding carboxylic acids is 2. The Morgan fingerprint density at radius 2 is 2.00 bits per heavy atom. The van der Waals surface area contributed by atoms with Crippen molar-refractivity contribution in [1.29, 1.82) is 5.26 Å². The number of ether oxygens (including phenoxy) is 1. The first-order valence-corrected chi connectivity index (χ1v) is 6.59. The second-order valence-corrected chi connectivity index (χ2v) is 4.66. The molecule has 2 aromatic rings. The van der Waals surface area contributed by atoms with Gasteiger partial charge in [-0.2, -0.15) is 5.26 Å². The molecule has 0 saturated carbocycles. The average Bonchev–Trinajstić information content (AvgIpc) is 2.89. The van der Waals surface area contributed by atoms with Crippen LogP contribution in [-0.4, -0.2) is 23.7 Å². The Bertz CT molecular complexity index is 787. The molecule has 0 unspecified atom stereocenters. The first kappa shape index (κ1) is 15.9. The molecule has 0 radical (unpaired) electrons. The molecule has 8 heteroatoms. The number of amides is 2. The van der Waals surface area contributed by atoms with Crippen molar-refractivity contribution in [2.75, 3.05) is 12.8 Å². The zero-order chi connectivity index (χ0) is 17.0. The third-order valence-electron chi connectivity index (χ3n) is 3.22. The minimum absolute atomic E-state index is 0.0684. The van der Waals surface area contributed by atoms with Gasteiger partial charge in [-0.15, -0.1) is 0 Å². The number of nitrogen functional groups attached to an aromatic ring is 1. The van der Waals surface area contributed by atoms with Crippen LogP contribution in [0.2, 0.25) is 0 Å². The Kier molecular flexibility index (Phi) is 4.52. The summed E-state index contributed by atoms with van der Waals surface area (Å²) in [6.07, 6.45) is 1.47. The van der Waals surface area contributed by atoms with Gasteiger partial charge in [-0.25, -0.2) is 9.59 Å². The summed E-state index contributed by atoms with van der Waals surface area (Å²) < 4.78 is 6.21. The number of aromatic nitrogens is 1. The van der Waals surface area contributed by atoms with Crippen LogP contribution < -0.4 is 16.8 Å². The molecule has 0 bridgehead atoms. The van der Waals surface area contributed by atoms with E-state index >= 15 is 0 Å². The third kappa shape index (κ3) is 3.24. The molecule has 0 atom stereocenters. The topological polar surface area (TPSA) is 136 Å². The Balaban J connectivity index is 2.40. The van der Waals surface area contributed by atoms with E-state index in [9.17, 15) is 9.59 Å². The van der Waals surface area contributed by atoms with Gasteiger partial charge in [-0.3, -0.25) is 0 Å². The fourth-order valence-corrected chi connectivity index (χ4v) is 2.08. The number of nitrogens with one attached hydrogen (secondary N) is 1. The van der Waals surface area contributed by atoms with Crippen LogP contribution >= 0.6 is 0 Å². The van der Waals surface area contributed by atoms with Gasteiger partial charge >= 0.3 is 12.0 Å². The molecule has 1 heterocycles. The highest BCUT2D eigenvalue weighted by atomic mass is 16.5. The predicted molar refractivity (Wildman–Crippen MR) is 82.7 cm³/mol. The summed E-state index contributed by atoms with van der Waals surface area (Å²) in [6, 6.07) is 8.29.